The predicted molar refractivity (Wildman–Crippen MR) is 97.6 cm³/mol. The molecule has 0 saturated carbocycles. The van der Waals surface area contributed by atoms with E-state index in [1.807, 2.05) is 36.4 Å². The Balaban J connectivity index is 1.44. The first kappa shape index (κ1) is 18.8. The average molecular weight is 373 g/mol. The maximum absolute atomic E-state index is 12.5. The van der Waals surface area contributed by atoms with Crippen LogP contribution in [-0.2, 0) is 17.4 Å². The molecule has 3 rings (SSSR count). The maximum Gasteiger partial charge on any atom is 0.416 e. The van der Waals surface area contributed by atoms with Crippen molar-refractivity contribution >= 4 is 16.7 Å². The van der Waals surface area contributed by atoms with E-state index in [2.05, 4.69) is 5.32 Å². The molecule has 1 amide bonds. The monoisotopic (exact) mass is 373 g/mol. The van der Waals surface area contributed by atoms with Gasteiger partial charge >= 0.3 is 6.18 Å². The van der Waals surface area contributed by atoms with Crippen LogP contribution in [0.25, 0.3) is 10.8 Å². The molecule has 0 unspecified atom stereocenters. The number of carbonyl (C=O) groups excluding carboxylic acids is 1. The predicted octanol–water partition coefficient (Wildman–Crippen LogP) is 4.60. The van der Waals surface area contributed by atoms with E-state index in [1.54, 1.807) is 6.07 Å². The molecule has 6 heteroatoms. The minimum Gasteiger partial charge on any atom is -0.484 e. The molecular weight excluding hydrogens is 355 g/mol. The van der Waals surface area contributed by atoms with Crippen LogP contribution in [0.15, 0.2) is 66.7 Å². The minimum atomic E-state index is -4.34. The van der Waals surface area contributed by atoms with Gasteiger partial charge in [-0.05, 0) is 47.0 Å². The lowest BCUT2D eigenvalue weighted by atomic mass is 10.1. The molecule has 0 aliphatic heterocycles. The van der Waals surface area contributed by atoms with Crippen molar-refractivity contribution in [3.8, 4) is 5.75 Å². The molecule has 0 aliphatic carbocycles. The molecule has 0 radical (unpaired) electrons. The Hall–Kier alpha value is -3.02. The lowest BCUT2D eigenvalue weighted by Crippen LogP contribution is -2.30. The Morgan fingerprint density at radius 1 is 0.926 bits per heavy atom. The zero-order valence-electron chi connectivity index (χ0n) is 14.4. The second-order valence-electron chi connectivity index (χ2n) is 6.09. The molecule has 0 aromatic heterocycles. The highest BCUT2D eigenvalue weighted by Gasteiger charge is 2.29. The van der Waals surface area contributed by atoms with E-state index in [4.69, 9.17) is 4.74 Å². The van der Waals surface area contributed by atoms with Gasteiger partial charge in [-0.2, -0.15) is 13.2 Å². The van der Waals surface area contributed by atoms with Crippen molar-refractivity contribution in [2.45, 2.75) is 12.6 Å². The van der Waals surface area contributed by atoms with Crippen molar-refractivity contribution in [2.75, 3.05) is 13.2 Å². The Morgan fingerprint density at radius 2 is 1.63 bits per heavy atom. The number of benzene rings is 3. The van der Waals surface area contributed by atoms with Crippen molar-refractivity contribution in [3.63, 3.8) is 0 Å². The Bertz CT molecular complexity index is 921. The first-order valence-corrected chi connectivity index (χ1v) is 8.46. The summed E-state index contributed by atoms with van der Waals surface area (Å²) in [4.78, 5) is 11.9. The van der Waals surface area contributed by atoms with Gasteiger partial charge in [0.2, 0.25) is 0 Å². The van der Waals surface area contributed by atoms with Gasteiger partial charge in [-0.15, -0.1) is 0 Å². The summed E-state index contributed by atoms with van der Waals surface area (Å²) in [5, 5.41) is 4.81. The highest BCUT2D eigenvalue weighted by atomic mass is 19.4. The molecule has 3 nitrogen and oxygen atoms in total. The molecular formula is C21H18F3NO2. The van der Waals surface area contributed by atoms with Gasteiger partial charge in [-0.3, -0.25) is 4.79 Å². The molecule has 0 bridgehead atoms. The molecule has 0 heterocycles. The quantitative estimate of drug-likeness (QED) is 0.686. The number of rotatable bonds is 6. The average Bonchev–Trinajstić information content (AvgIpc) is 2.66. The number of alkyl halides is 3. The molecule has 0 atom stereocenters. The summed E-state index contributed by atoms with van der Waals surface area (Å²) in [7, 11) is 0. The number of halogens is 3. The van der Waals surface area contributed by atoms with Crippen molar-refractivity contribution in [2.24, 2.45) is 0 Å². The summed E-state index contributed by atoms with van der Waals surface area (Å²) < 4.78 is 43.0. The van der Waals surface area contributed by atoms with Gasteiger partial charge in [0.1, 0.15) is 5.75 Å². The summed E-state index contributed by atoms with van der Waals surface area (Å²) in [6.07, 6.45) is -3.90. The second-order valence-corrected chi connectivity index (χ2v) is 6.09. The van der Waals surface area contributed by atoms with Crippen LogP contribution in [0.5, 0.6) is 5.75 Å². The van der Waals surface area contributed by atoms with Gasteiger partial charge < -0.3 is 10.1 Å². The van der Waals surface area contributed by atoms with Gasteiger partial charge in [0, 0.05) is 6.54 Å². The van der Waals surface area contributed by atoms with E-state index in [0.29, 0.717) is 18.7 Å². The van der Waals surface area contributed by atoms with Crippen LogP contribution in [0, 0.1) is 0 Å². The van der Waals surface area contributed by atoms with Gasteiger partial charge in [-0.25, -0.2) is 0 Å². The fourth-order valence-electron chi connectivity index (χ4n) is 2.66. The number of amides is 1. The van der Waals surface area contributed by atoms with Crippen LogP contribution in [0.1, 0.15) is 11.1 Å². The lowest BCUT2D eigenvalue weighted by Gasteiger charge is -2.09. The normalized spacial score (nSPS) is 11.4. The smallest absolute Gasteiger partial charge is 0.416 e. The van der Waals surface area contributed by atoms with Gasteiger partial charge in [0.05, 0.1) is 5.56 Å². The van der Waals surface area contributed by atoms with E-state index in [-0.39, 0.29) is 12.5 Å². The van der Waals surface area contributed by atoms with E-state index in [9.17, 15) is 18.0 Å². The molecule has 0 saturated heterocycles. The van der Waals surface area contributed by atoms with Crippen molar-refractivity contribution in [3.05, 3.63) is 77.9 Å². The lowest BCUT2D eigenvalue weighted by molar-refractivity contribution is -0.137. The van der Waals surface area contributed by atoms with E-state index >= 15 is 0 Å². The van der Waals surface area contributed by atoms with Crippen LogP contribution >= 0.6 is 0 Å². The molecule has 0 spiro atoms. The molecule has 1 N–H and O–H groups in total. The van der Waals surface area contributed by atoms with Gasteiger partial charge in [0.25, 0.3) is 5.91 Å². The minimum absolute atomic E-state index is 0.120. The topological polar surface area (TPSA) is 38.3 Å². The first-order chi connectivity index (χ1) is 12.9. The third-order valence-electron chi connectivity index (χ3n) is 4.11. The molecule has 27 heavy (non-hydrogen) atoms. The fraction of sp³-hybridized carbons (Fsp3) is 0.190. The number of hydrogen-bond donors (Lipinski definition) is 1. The van der Waals surface area contributed by atoms with Crippen LogP contribution in [-0.4, -0.2) is 19.1 Å². The number of ether oxygens (including phenoxy) is 1. The zero-order chi connectivity index (χ0) is 19.3. The Kier molecular flexibility index (Phi) is 5.64. The van der Waals surface area contributed by atoms with Crippen LogP contribution in [0.2, 0.25) is 0 Å². The zero-order valence-corrected chi connectivity index (χ0v) is 14.4. The summed E-state index contributed by atoms with van der Waals surface area (Å²) in [5.41, 5.74) is 0.0396. The van der Waals surface area contributed by atoms with E-state index < -0.39 is 11.7 Å². The molecule has 3 aromatic rings. The maximum atomic E-state index is 12.5. The summed E-state index contributed by atoms with van der Waals surface area (Å²) >= 11 is 0. The second kappa shape index (κ2) is 8.12. The third-order valence-corrected chi connectivity index (χ3v) is 4.11. The first-order valence-electron chi connectivity index (χ1n) is 8.46. The van der Waals surface area contributed by atoms with Gasteiger partial charge in [-0.1, -0.05) is 42.5 Å². The highest BCUT2D eigenvalue weighted by Crippen LogP contribution is 2.29. The number of nitrogens with one attached hydrogen (secondary N) is 1. The molecule has 0 aliphatic rings. The Labute approximate surface area is 154 Å². The van der Waals surface area contributed by atoms with Crippen molar-refractivity contribution in [1.29, 1.82) is 0 Å². The molecule has 140 valence electrons. The van der Waals surface area contributed by atoms with Crippen molar-refractivity contribution in [1.82, 2.24) is 5.32 Å². The van der Waals surface area contributed by atoms with E-state index in [0.717, 1.165) is 28.5 Å². The fourth-order valence-corrected chi connectivity index (χ4v) is 2.66. The summed E-state index contributed by atoms with van der Waals surface area (Å²) in [6, 6.07) is 18.4. The SMILES string of the molecule is O=C(COc1ccc2ccccc2c1)NCCc1ccc(C(F)(F)F)cc1. The van der Waals surface area contributed by atoms with Crippen LogP contribution < -0.4 is 10.1 Å². The van der Waals surface area contributed by atoms with Crippen LogP contribution in [0.4, 0.5) is 13.2 Å². The van der Waals surface area contributed by atoms with Crippen molar-refractivity contribution < 1.29 is 22.7 Å². The largest absolute Gasteiger partial charge is 0.484 e. The highest BCUT2D eigenvalue weighted by molar-refractivity contribution is 5.84. The molecule has 3 aromatic carbocycles. The van der Waals surface area contributed by atoms with Gasteiger partial charge in [0.15, 0.2) is 6.61 Å². The van der Waals surface area contributed by atoms with Crippen LogP contribution in [0.3, 0.4) is 0 Å². The third kappa shape index (κ3) is 5.23. The molecule has 0 fully saturated rings. The number of hydrogen-bond acceptors (Lipinski definition) is 2. The number of carbonyl (C=O) groups is 1. The summed E-state index contributed by atoms with van der Waals surface area (Å²) in [5.74, 6) is 0.321. The van der Waals surface area contributed by atoms with E-state index in [1.165, 1.54) is 12.1 Å². The standard InChI is InChI=1S/C21H18F3NO2/c22-21(23,24)18-8-5-15(6-9-18)11-12-25-20(26)14-27-19-10-7-16-3-1-2-4-17(16)13-19/h1-10,13H,11-12,14H2,(H,25,26). The summed E-state index contributed by atoms with van der Waals surface area (Å²) in [6.45, 7) is 0.205. The Morgan fingerprint density at radius 3 is 2.33 bits per heavy atom. The number of fused-ring (bicyclic) bond motifs is 1.